The maximum absolute atomic E-state index is 12.3. The Morgan fingerprint density at radius 1 is 0.935 bits per heavy atom. The summed E-state index contributed by atoms with van der Waals surface area (Å²) in [5, 5.41) is 2.50. The molecule has 0 saturated heterocycles. The lowest BCUT2D eigenvalue weighted by atomic mass is 10.1. The van der Waals surface area contributed by atoms with E-state index < -0.39 is 41.0 Å². The topological polar surface area (TPSA) is 128 Å². The van der Waals surface area contributed by atoms with Gasteiger partial charge in [-0.2, -0.15) is 4.72 Å². The summed E-state index contributed by atoms with van der Waals surface area (Å²) in [6.45, 7) is 4.38. The summed E-state index contributed by atoms with van der Waals surface area (Å²) < 4.78 is 36.3. The molecule has 0 bridgehead atoms. The molecule has 0 atom stereocenters. The summed E-state index contributed by atoms with van der Waals surface area (Å²) in [5.41, 5.74) is 2.48. The molecule has 2 aromatic carbocycles. The van der Waals surface area contributed by atoms with E-state index in [-0.39, 0.29) is 11.5 Å². The summed E-state index contributed by atoms with van der Waals surface area (Å²) in [5.74, 6) is -1.99. The molecule has 0 spiro atoms. The van der Waals surface area contributed by atoms with Crippen LogP contribution in [0.4, 0.5) is 5.69 Å². The van der Waals surface area contributed by atoms with Crippen LogP contribution in [-0.2, 0) is 29.1 Å². The second kappa shape index (κ2) is 10.7. The first-order valence-corrected chi connectivity index (χ1v) is 10.9. The van der Waals surface area contributed by atoms with Gasteiger partial charge in [0.25, 0.3) is 5.91 Å². The number of amides is 1. The highest BCUT2D eigenvalue weighted by Crippen LogP contribution is 2.14. The third-order valence-corrected chi connectivity index (χ3v) is 5.64. The first kappa shape index (κ1) is 24.0. The molecule has 1 amide bonds. The number of rotatable bonds is 9. The van der Waals surface area contributed by atoms with Gasteiger partial charge in [-0.3, -0.25) is 9.59 Å². The molecule has 0 radical (unpaired) electrons. The number of sulfonamides is 1. The van der Waals surface area contributed by atoms with Gasteiger partial charge in [-0.05, 0) is 68.3 Å². The van der Waals surface area contributed by atoms with Gasteiger partial charge in [-0.1, -0.05) is 6.07 Å². The lowest BCUT2D eigenvalue weighted by Crippen LogP contribution is -2.32. The van der Waals surface area contributed by atoms with Crippen molar-refractivity contribution >= 4 is 33.6 Å². The predicted octanol–water partition coefficient (Wildman–Crippen LogP) is 1.94. The number of ether oxygens (including phenoxy) is 2. The molecule has 0 aromatic heterocycles. The number of carbonyl (C=O) groups is 3. The Hall–Kier alpha value is -3.24. The Bertz CT molecular complexity index is 1060. The van der Waals surface area contributed by atoms with Gasteiger partial charge < -0.3 is 14.8 Å². The highest BCUT2D eigenvalue weighted by Gasteiger charge is 2.17. The van der Waals surface area contributed by atoms with E-state index in [9.17, 15) is 22.8 Å². The van der Waals surface area contributed by atoms with E-state index in [4.69, 9.17) is 9.47 Å². The molecule has 0 unspecified atom stereocenters. The van der Waals surface area contributed by atoms with Crippen LogP contribution in [0.5, 0.6) is 0 Å². The average molecular weight is 448 g/mol. The van der Waals surface area contributed by atoms with Gasteiger partial charge >= 0.3 is 11.9 Å². The van der Waals surface area contributed by atoms with Crippen molar-refractivity contribution in [3.63, 3.8) is 0 Å². The van der Waals surface area contributed by atoms with Crippen LogP contribution in [0.25, 0.3) is 0 Å². The standard InChI is InChI=1S/C21H24N2O7S/c1-4-29-21(26)16-6-8-17(9-7-16)23-19(24)13-30-20(25)12-22-31(27,28)18-10-5-14(2)15(3)11-18/h5-11,22H,4,12-13H2,1-3H3,(H,23,24). The van der Waals surface area contributed by atoms with E-state index in [1.807, 2.05) is 6.92 Å². The predicted molar refractivity (Wildman–Crippen MR) is 113 cm³/mol. The monoisotopic (exact) mass is 448 g/mol. The number of hydrogen-bond donors (Lipinski definition) is 2. The first-order valence-electron chi connectivity index (χ1n) is 9.42. The summed E-state index contributed by atoms with van der Waals surface area (Å²) in [6, 6.07) is 10.6. The van der Waals surface area contributed by atoms with Crippen molar-refractivity contribution in [3.05, 3.63) is 59.2 Å². The third kappa shape index (κ3) is 7.19. The van der Waals surface area contributed by atoms with Crippen LogP contribution < -0.4 is 10.0 Å². The van der Waals surface area contributed by atoms with Crippen molar-refractivity contribution in [2.24, 2.45) is 0 Å². The Morgan fingerprint density at radius 2 is 1.61 bits per heavy atom. The summed E-state index contributed by atoms with van der Waals surface area (Å²) in [4.78, 5) is 35.3. The molecule has 10 heteroatoms. The zero-order valence-electron chi connectivity index (χ0n) is 17.4. The van der Waals surface area contributed by atoms with Crippen molar-refractivity contribution in [3.8, 4) is 0 Å². The molecule has 0 saturated carbocycles. The fraction of sp³-hybridized carbons (Fsp3) is 0.286. The number of nitrogens with one attached hydrogen (secondary N) is 2. The molecule has 2 N–H and O–H groups in total. The molecular formula is C21H24N2O7S. The Kier molecular flexibility index (Phi) is 8.29. The van der Waals surface area contributed by atoms with Crippen LogP contribution in [-0.4, -0.2) is 46.0 Å². The van der Waals surface area contributed by atoms with Crippen molar-refractivity contribution in [1.82, 2.24) is 4.72 Å². The van der Waals surface area contributed by atoms with E-state index in [0.29, 0.717) is 11.3 Å². The number of hydrogen-bond acceptors (Lipinski definition) is 7. The molecular weight excluding hydrogens is 424 g/mol. The zero-order valence-corrected chi connectivity index (χ0v) is 18.2. The van der Waals surface area contributed by atoms with Crippen LogP contribution >= 0.6 is 0 Å². The van der Waals surface area contributed by atoms with Crippen LogP contribution in [0.1, 0.15) is 28.4 Å². The Morgan fingerprint density at radius 3 is 2.23 bits per heavy atom. The van der Waals surface area contributed by atoms with Gasteiger partial charge in [0.05, 0.1) is 17.1 Å². The molecule has 0 aliphatic carbocycles. The van der Waals surface area contributed by atoms with E-state index in [0.717, 1.165) is 11.1 Å². The SMILES string of the molecule is CCOC(=O)c1ccc(NC(=O)COC(=O)CNS(=O)(=O)c2ccc(C)c(C)c2)cc1. The normalized spacial score (nSPS) is 10.9. The van der Waals surface area contributed by atoms with Gasteiger partial charge in [-0.15, -0.1) is 0 Å². The van der Waals surface area contributed by atoms with Crippen molar-refractivity contribution < 1.29 is 32.3 Å². The molecule has 0 aliphatic rings. The van der Waals surface area contributed by atoms with E-state index >= 15 is 0 Å². The van der Waals surface area contributed by atoms with E-state index in [2.05, 4.69) is 10.0 Å². The molecule has 9 nitrogen and oxygen atoms in total. The number of esters is 2. The van der Waals surface area contributed by atoms with Gasteiger partial charge in [0.15, 0.2) is 6.61 Å². The van der Waals surface area contributed by atoms with Gasteiger partial charge in [0, 0.05) is 5.69 Å². The Labute approximate surface area is 180 Å². The highest BCUT2D eigenvalue weighted by molar-refractivity contribution is 7.89. The minimum absolute atomic E-state index is 0.0346. The van der Waals surface area contributed by atoms with Crippen LogP contribution in [0.15, 0.2) is 47.4 Å². The highest BCUT2D eigenvalue weighted by atomic mass is 32.2. The summed E-state index contributed by atoms with van der Waals surface area (Å²) in [6.07, 6.45) is 0. The van der Waals surface area contributed by atoms with Crippen LogP contribution in [0, 0.1) is 13.8 Å². The van der Waals surface area contributed by atoms with Gasteiger partial charge in [-0.25, -0.2) is 13.2 Å². The minimum atomic E-state index is -3.89. The third-order valence-electron chi connectivity index (χ3n) is 4.24. The fourth-order valence-electron chi connectivity index (χ4n) is 2.42. The van der Waals surface area contributed by atoms with Crippen molar-refractivity contribution in [2.75, 3.05) is 25.1 Å². The van der Waals surface area contributed by atoms with Crippen LogP contribution in [0.3, 0.4) is 0 Å². The van der Waals surface area contributed by atoms with Gasteiger partial charge in [0.2, 0.25) is 10.0 Å². The van der Waals surface area contributed by atoms with E-state index in [1.54, 1.807) is 19.9 Å². The largest absolute Gasteiger partial charge is 0.462 e. The summed E-state index contributed by atoms with van der Waals surface area (Å²) >= 11 is 0. The second-order valence-corrected chi connectivity index (χ2v) is 8.34. The molecule has 166 valence electrons. The molecule has 31 heavy (non-hydrogen) atoms. The van der Waals surface area contributed by atoms with Crippen molar-refractivity contribution in [1.29, 1.82) is 0 Å². The number of benzene rings is 2. The lowest BCUT2D eigenvalue weighted by molar-refractivity contribution is -0.146. The first-order chi connectivity index (χ1) is 14.6. The number of aryl methyl sites for hydroxylation is 2. The molecule has 2 rings (SSSR count). The van der Waals surface area contributed by atoms with E-state index in [1.165, 1.54) is 36.4 Å². The maximum Gasteiger partial charge on any atom is 0.338 e. The Balaban J connectivity index is 1.80. The average Bonchev–Trinajstić information content (AvgIpc) is 2.73. The zero-order chi connectivity index (χ0) is 23.0. The maximum atomic E-state index is 12.3. The van der Waals surface area contributed by atoms with Crippen LogP contribution in [0.2, 0.25) is 0 Å². The van der Waals surface area contributed by atoms with Crippen molar-refractivity contribution in [2.45, 2.75) is 25.7 Å². The van der Waals surface area contributed by atoms with Gasteiger partial charge in [0.1, 0.15) is 6.54 Å². The molecule has 2 aromatic rings. The lowest BCUT2D eigenvalue weighted by Gasteiger charge is -2.09. The molecule has 0 aliphatic heterocycles. The smallest absolute Gasteiger partial charge is 0.338 e. The number of anilines is 1. The molecule has 0 heterocycles. The minimum Gasteiger partial charge on any atom is -0.462 e. The quantitative estimate of drug-likeness (QED) is 0.561. The fourth-order valence-corrected chi connectivity index (χ4v) is 3.47. The molecule has 0 fully saturated rings. The number of carbonyl (C=O) groups excluding carboxylic acids is 3. The second-order valence-electron chi connectivity index (χ2n) is 6.58. The summed E-state index contributed by atoms with van der Waals surface area (Å²) in [7, 11) is -3.89.